The predicted molar refractivity (Wildman–Crippen MR) is 80.1 cm³/mol. The lowest BCUT2D eigenvalue weighted by molar-refractivity contribution is 1.08. The van der Waals surface area contributed by atoms with Crippen molar-refractivity contribution in [1.29, 1.82) is 0 Å². The molecule has 0 aliphatic rings. The van der Waals surface area contributed by atoms with Crippen molar-refractivity contribution in [2.24, 2.45) is 0 Å². The molecule has 0 aliphatic carbocycles. The molecule has 3 aromatic rings. The Kier molecular flexibility index (Phi) is 3.00. The first-order valence-electron chi connectivity index (χ1n) is 5.97. The van der Waals surface area contributed by atoms with Crippen LogP contribution in [0.25, 0.3) is 16.9 Å². The maximum absolute atomic E-state index is 6.25. The van der Waals surface area contributed by atoms with Crippen molar-refractivity contribution >= 4 is 28.8 Å². The van der Waals surface area contributed by atoms with Crippen molar-refractivity contribution < 1.29 is 0 Å². The smallest absolute Gasteiger partial charge is 0.137 e. The summed E-state index contributed by atoms with van der Waals surface area (Å²) in [5.74, 6) is 0. The van der Waals surface area contributed by atoms with E-state index >= 15 is 0 Å². The molecule has 0 fully saturated rings. The Bertz CT molecular complexity index is 775. The zero-order chi connectivity index (χ0) is 13.6. The van der Waals surface area contributed by atoms with E-state index in [1.54, 1.807) is 6.07 Å². The normalized spacial score (nSPS) is 11.2. The average molecular weight is 291 g/mol. The van der Waals surface area contributed by atoms with Gasteiger partial charge >= 0.3 is 0 Å². The number of aromatic nitrogens is 2. The third kappa shape index (κ3) is 2.11. The third-order valence-corrected chi connectivity index (χ3v) is 3.95. The van der Waals surface area contributed by atoms with E-state index in [2.05, 4.69) is 35.4 Å². The van der Waals surface area contributed by atoms with Gasteiger partial charge in [0.2, 0.25) is 0 Å². The van der Waals surface area contributed by atoms with Gasteiger partial charge in [-0.15, -0.1) is 0 Å². The molecule has 2 heterocycles. The summed E-state index contributed by atoms with van der Waals surface area (Å²) in [6, 6.07) is 9.76. The van der Waals surface area contributed by atoms with Gasteiger partial charge in [-0.25, -0.2) is 4.98 Å². The molecule has 0 unspecified atom stereocenters. The lowest BCUT2D eigenvalue weighted by Crippen LogP contribution is -1.89. The third-order valence-electron chi connectivity index (χ3n) is 3.13. The molecule has 96 valence electrons. The molecule has 0 saturated carbocycles. The summed E-state index contributed by atoms with van der Waals surface area (Å²) in [6.07, 6.45) is 1.99. The summed E-state index contributed by atoms with van der Waals surface area (Å²) in [6.45, 7) is 4.12. The minimum atomic E-state index is 0.543. The monoisotopic (exact) mass is 290 g/mol. The van der Waals surface area contributed by atoms with Crippen LogP contribution in [0.5, 0.6) is 0 Å². The largest absolute Gasteiger partial charge is 0.304 e. The minimum absolute atomic E-state index is 0.543. The first kappa shape index (κ1) is 12.5. The number of fused-ring (bicyclic) bond motifs is 1. The van der Waals surface area contributed by atoms with Crippen molar-refractivity contribution in [3.05, 3.63) is 57.8 Å². The van der Waals surface area contributed by atoms with E-state index in [4.69, 9.17) is 23.2 Å². The molecule has 0 atom stereocenters. The Morgan fingerprint density at radius 2 is 1.89 bits per heavy atom. The van der Waals surface area contributed by atoms with Gasteiger partial charge in [-0.1, -0.05) is 35.3 Å². The lowest BCUT2D eigenvalue weighted by atomic mass is 10.2. The van der Waals surface area contributed by atoms with Crippen molar-refractivity contribution in [2.75, 3.05) is 0 Å². The van der Waals surface area contributed by atoms with Gasteiger partial charge in [-0.05, 0) is 37.6 Å². The fourth-order valence-corrected chi connectivity index (χ4v) is 2.65. The molecule has 0 N–H and O–H groups in total. The van der Waals surface area contributed by atoms with Gasteiger partial charge in [0.15, 0.2) is 0 Å². The summed E-state index contributed by atoms with van der Waals surface area (Å²) < 4.78 is 2.06. The summed E-state index contributed by atoms with van der Waals surface area (Å²) >= 11 is 12.3. The quantitative estimate of drug-likeness (QED) is 0.621. The predicted octanol–water partition coefficient (Wildman–Crippen LogP) is 4.92. The molecule has 0 amide bonds. The molecule has 0 saturated heterocycles. The molecule has 2 aromatic heterocycles. The van der Waals surface area contributed by atoms with E-state index in [-0.39, 0.29) is 0 Å². The van der Waals surface area contributed by atoms with E-state index in [1.807, 2.05) is 18.3 Å². The summed E-state index contributed by atoms with van der Waals surface area (Å²) in [5, 5.41) is 1.09. The fourth-order valence-electron chi connectivity index (χ4n) is 2.25. The topological polar surface area (TPSA) is 17.3 Å². The molecule has 1 aromatic carbocycles. The highest BCUT2D eigenvalue weighted by Crippen LogP contribution is 2.33. The maximum Gasteiger partial charge on any atom is 0.137 e. The van der Waals surface area contributed by atoms with Crippen LogP contribution in [0.4, 0.5) is 0 Å². The Hall–Kier alpha value is -1.51. The van der Waals surface area contributed by atoms with Gasteiger partial charge in [0.1, 0.15) is 5.65 Å². The summed E-state index contributed by atoms with van der Waals surface area (Å²) in [4.78, 5) is 4.63. The molecular weight excluding hydrogens is 279 g/mol. The van der Waals surface area contributed by atoms with Gasteiger partial charge in [0, 0.05) is 17.5 Å². The number of nitrogens with zero attached hydrogens (tertiary/aromatic N) is 2. The van der Waals surface area contributed by atoms with Crippen LogP contribution in [0.1, 0.15) is 11.3 Å². The highest BCUT2D eigenvalue weighted by atomic mass is 35.5. The Balaban J connectivity index is 2.26. The van der Waals surface area contributed by atoms with E-state index in [0.717, 1.165) is 22.6 Å². The van der Waals surface area contributed by atoms with E-state index in [9.17, 15) is 0 Å². The molecule has 0 spiro atoms. The molecule has 19 heavy (non-hydrogen) atoms. The minimum Gasteiger partial charge on any atom is -0.304 e. The summed E-state index contributed by atoms with van der Waals surface area (Å²) in [7, 11) is 0. The first-order valence-corrected chi connectivity index (χ1v) is 6.72. The van der Waals surface area contributed by atoms with Crippen molar-refractivity contribution in [3.63, 3.8) is 0 Å². The Morgan fingerprint density at radius 3 is 2.68 bits per heavy atom. The second-order valence-corrected chi connectivity index (χ2v) is 5.41. The standard InChI is InChI=1S/C15H12Cl2N2/c1-9-6-10(2)19-8-13(18-14(19)7-9)11-4-3-5-12(16)15(11)17/h3-8H,1-2H3. The lowest BCUT2D eigenvalue weighted by Gasteiger charge is -2.01. The van der Waals surface area contributed by atoms with Crippen LogP contribution >= 0.6 is 23.2 Å². The van der Waals surface area contributed by atoms with Gasteiger partial charge in [-0.2, -0.15) is 0 Å². The number of hydrogen-bond acceptors (Lipinski definition) is 1. The number of imidazole rings is 1. The Labute approximate surface area is 121 Å². The van der Waals surface area contributed by atoms with Crippen molar-refractivity contribution in [3.8, 4) is 11.3 Å². The van der Waals surface area contributed by atoms with Crippen LogP contribution in [0, 0.1) is 13.8 Å². The van der Waals surface area contributed by atoms with Crippen LogP contribution in [0.3, 0.4) is 0 Å². The highest BCUT2D eigenvalue weighted by molar-refractivity contribution is 6.43. The van der Waals surface area contributed by atoms with Crippen molar-refractivity contribution in [1.82, 2.24) is 9.38 Å². The van der Waals surface area contributed by atoms with E-state index in [1.165, 1.54) is 5.56 Å². The average Bonchev–Trinajstić information content (AvgIpc) is 2.76. The summed E-state index contributed by atoms with van der Waals surface area (Å²) in [5.41, 5.74) is 4.95. The maximum atomic E-state index is 6.25. The zero-order valence-corrected chi connectivity index (χ0v) is 12.1. The second-order valence-electron chi connectivity index (χ2n) is 4.63. The number of pyridine rings is 1. The van der Waals surface area contributed by atoms with Crippen LogP contribution < -0.4 is 0 Å². The SMILES string of the molecule is Cc1cc(C)n2cc(-c3cccc(Cl)c3Cl)nc2c1. The van der Waals surface area contributed by atoms with Gasteiger partial charge in [0.25, 0.3) is 0 Å². The number of hydrogen-bond donors (Lipinski definition) is 0. The van der Waals surface area contributed by atoms with Gasteiger partial charge in [0.05, 0.1) is 15.7 Å². The van der Waals surface area contributed by atoms with E-state index < -0.39 is 0 Å². The van der Waals surface area contributed by atoms with Crippen molar-refractivity contribution in [2.45, 2.75) is 13.8 Å². The first-order chi connectivity index (χ1) is 9.06. The fraction of sp³-hybridized carbons (Fsp3) is 0.133. The van der Waals surface area contributed by atoms with Crippen LogP contribution in [-0.4, -0.2) is 9.38 Å². The molecule has 3 rings (SSSR count). The zero-order valence-electron chi connectivity index (χ0n) is 10.6. The molecule has 0 aliphatic heterocycles. The molecular formula is C15H12Cl2N2. The molecule has 0 radical (unpaired) electrons. The number of aryl methyl sites for hydroxylation is 2. The van der Waals surface area contributed by atoms with Gasteiger partial charge < -0.3 is 4.40 Å². The van der Waals surface area contributed by atoms with E-state index in [0.29, 0.717) is 10.0 Å². The van der Waals surface area contributed by atoms with Crippen LogP contribution in [0.15, 0.2) is 36.5 Å². The number of benzene rings is 1. The number of rotatable bonds is 1. The number of halogens is 2. The second kappa shape index (κ2) is 4.55. The van der Waals surface area contributed by atoms with Crippen LogP contribution in [-0.2, 0) is 0 Å². The van der Waals surface area contributed by atoms with Gasteiger partial charge in [-0.3, -0.25) is 0 Å². The molecule has 0 bridgehead atoms. The molecule has 4 heteroatoms. The highest BCUT2D eigenvalue weighted by Gasteiger charge is 2.11. The Morgan fingerprint density at radius 1 is 1.11 bits per heavy atom. The van der Waals surface area contributed by atoms with Crippen LogP contribution in [0.2, 0.25) is 10.0 Å². The molecule has 2 nitrogen and oxygen atoms in total.